The molecule has 0 spiro atoms. The molecule has 1 atom stereocenters. The molecule has 0 aliphatic carbocycles. The van der Waals surface area contributed by atoms with Crippen LogP contribution in [0.15, 0.2) is 47.1 Å². The van der Waals surface area contributed by atoms with Crippen molar-refractivity contribution < 1.29 is 28.2 Å². The van der Waals surface area contributed by atoms with E-state index >= 15 is 0 Å². The van der Waals surface area contributed by atoms with Gasteiger partial charge in [0, 0.05) is 30.2 Å². The van der Waals surface area contributed by atoms with E-state index in [4.69, 9.17) is 23.9 Å². The maximum atomic E-state index is 12.4. The number of benzene rings is 2. The quantitative estimate of drug-likeness (QED) is 0.359. The highest BCUT2D eigenvalue weighted by Gasteiger charge is 2.31. The van der Waals surface area contributed by atoms with Crippen LogP contribution < -0.4 is 4.74 Å². The summed E-state index contributed by atoms with van der Waals surface area (Å²) < 4.78 is 22.7. The lowest BCUT2D eigenvalue weighted by atomic mass is 9.98. The lowest BCUT2D eigenvalue weighted by Crippen LogP contribution is -2.36. The second-order valence-electron chi connectivity index (χ2n) is 10.4. The molecule has 2 aromatic carbocycles. The van der Waals surface area contributed by atoms with Gasteiger partial charge in [-0.25, -0.2) is 4.79 Å². The molecule has 200 valence electrons. The topological polar surface area (TPSA) is 102 Å². The third-order valence-electron chi connectivity index (χ3n) is 6.35. The van der Waals surface area contributed by atoms with Crippen LogP contribution in [-0.4, -0.2) is 48.4 Å². The Morgan fingerprint density at radius 2 is 1.95 bits per heavy atom. The molecular formula is C30H34N2O6. The highest BCUT2D eigenvalue weighted by Crippen LogP contribution is 2.27. The van der Waals surface area contributed by atoms with Crippen molar-refractivity contribution in [2.75, 3.05) is 19.7 Å². The highest BCUT2D eigenvalue weighted by atomic mass is 16.6. The molecule has 4 rings (SSSR count). The van der Waals surface area contributed by atoms with E-state index < -0.39 is 5.60 Å². The van der Waals surface area contributed by atoms with Crippen molar-refractivity contribution in [3.63, 3.8) is 0 Å². The van der Waals surface area contributed by atoms with E-state index in [1.807, 2.05) is 51.1 Å². The van der Waals surface area contributed by atoms with Crippen molar-refractivity contribution >= 4 is 22.8 Å². The van der Waals surface area contributed by atoms with E-state index in [2.05, 4.69) is 6.07 Å². The van der Waals surface area contributed by atoms with Crippen LogP contribution in [0, 0.1) is 11.3 Å². The molecule has 1 aliphatic rings. The first kappa shape index (κ1) is 27.1. The summed E-state index contributed by atoms with van der Waals surface area (Å²) in [5.74, 6) is 1.19. The molecule has 0 unspecified atom stereocenters. The molecule has 1 saturated heterocycles. The summed E-state index contributed by atoms with van der Waals surface area (Å²) >= 11 is 0. The van der Waals surface area contributed by atoms with Gasteiger partial charge < -0.3 is 23.5 Å². The Bertz CT molecular complexity index is 1350. The molecule has 8 heteroatoms. The summed E-state index contributed by atoms with van der Waals surface area (Å²) in [5, 5.41) is 11.0. The lowest BCUT2D eigenvalue weighted by Gasteiger charge is -2.24. The third-order valence-corrected chi connectivity index (χ3v) is 6.35. The van der Waals surface area contributed by atoms with Crippen LogP contribution in [0.3, 0.4) is 0 Å². The number of esters is 1. The van der Waals surface area contributed by atoms with Gasteiger partial charge in [-0.05, 0) is 75.6 Å². The Labute approximate surface area is 223 Å². The molecule has 1 fully saturated rings. The normalized spacial score (nSPS) is 15.3. The predicted octanol–water partition coefficient (Wildman–Crippen LogP) is 5.58. The van der Waals surface area contributed by atoms with Crippen LogP contribution in [-0.2, 0) is 33.5 Å². The average Bonchev–Trinajstić information content (AvgIpc) is 3.49. The zero-order valence-corrected chi connectivity index (χ0v) is 22.4. The first-order valence-corrected chi connectivity index (χ1v) is 13.0. The van der Waals surface area contributed by atoms with Crippen LogP contribution in [0.25, 0.3) is 10.8 Å². The van der Waals surface area contributed by atoms with E-state index in [1.54, 1.807) is 24.2 Å². The molecule has 1 aromatic heterocycles. The van der Waals surface area contributed by atoms with Gasteiger partial charge in [0.2, 0.25) is 0 Å². The fraction of sp³-hybridized carbons (Fsp3) is 0.433. The van der Waals surface area contributed by atoms with Crippen molar-refractivity contribution in [1.29, 1.82) is 5.26 Å². The molecule has 3 aromatic rings. The number of aryl methyl sites for hydroxylation is 2. The first-order valence-electron chi connectivity index (χ1n) is 13.0. The largest absolute Gasteiger partial charge is 0.489 e. The monoisotopic (exact) mass is 518 g/mol. The van der Waals surface area contributed by atoms with Gasteiger partial charge in [-0.1, -0.05) is 6.07 Å². The third kappa shape index (κ3) is 6.86. The molecule has 0 radical (unpaired) electrons. The van der Waals surface area contributed by atoms with E-state index in [-0.39, 0.29) is 24.6 Å². The van der Waals surface area contributed by atoms with Crippen molar-refractivity contribution in [3.8, 4) is 11.8 Å². The zero-order chi connectivity index (χ0) is 27.3. The van der Waals surface area contributed by atoms with Gasteiger partial charge in [0.25, 0.3) is 0 Å². The number of amides is 1. The smallest absolute Gasteiger partial charge is 0.410 e. The molecule has 1 amide bonds. The van der Waals surface area contributed by atoms with E-state index in [0.29, 0.717) is 50.3 Å². The van der Waals surface area contributed by atoms with E-state index in [0.717, 1.165) is 27.7 Å². The van der Waals surface area contributed by atoms with Crippen molar-refractivity contribution in [1.82, 2.24) is 4.90 Å². The van der Waals surface area contributed by atoms with E-state index in [1.165, 1.54) is 0 Å². The number of carbonyl (C=O) groups is 2. The molecule has 1 aliphatic heterocycles. The highest BCUT2D eigenvalue weighted by molar-refractivity contribution is 5.85. The van der Waals surface area contributed by atoms with Crippen molar-refractivity contribution in [2.45, 2.75) is 65.1 Å². The van der Waals surface area contributed by atoms with Crippen LogP contribution in [0.4, 0.5) is 4.79 Å². The summed E-state index contributed by atoms with van der Waals surface area (Å²) in [7, 11) is 0. The number of hydrogen-bond acceptors (Lipinski definition) is 7. The average molecular weight is 519 g/mol. The van der Waals surface area contributed by atoms with Gasteiger partial charge in [0.05, 0.1) is 37.5 Å². The number of nitriles is 1. The Hall–Kier alpha value is -3.99. The van der Waals surface area contributed by atoms with E-state index in [9.17, 15) is 9.59 Å². The van der Waals surface area contributed by atoms with Gasteiger partial charge in [-0.2, -0.15) is 5.26 Å². The second-order valence-corrected chi connectivity index (χ2v) is 10.4. The van der Waals surface area contributed by atoms with Gasteiger partial charge in [-0.3, -0.25) is 4.79 Å². The van der Waals surface area contributed by atoms with Crippen LogP contribution in [0.1, 0.15) is 56.6 Å². The maximum absolute atomic E-state index is 12.4. The fourth-order valence-corrected chi connectivity index (χ4v) is 4.58. The molecule has 8 nitrogen and oxygen atoms in total. The summed E-state index contributed by atoms with van der Waals surface area (Å²) in [4.78, 5) is 26.4. The van der Waals surface area contributed by atoms with Crippen molar-refractivity contribution in [2.24, 2.45) is 0 Å². The SMILES string of the molecule is CCOC(=O)Cc1cc(O[C@H]2CCN(C(=O)OC(C)(C)C)C2)ccc1CCc1occ2cc(C#N)ccc12. The van der Waals surface area contributed by atoms with Gasteiger partial charge >= 0.3 is 12.1 Å². The Morgan fingerprint density at radius 3 is 2.68 bits per heavy atom. The Balaban J connectivity index is 1.46. The molecular weight excluding hydrogens is 484 g/mol. The number of nitrogens with zero attached hydrogens (tertiary/aromatic N) is 2. The minimum absolute atomic E-state index is 0.138. The molecule has 0 saturated carbocycles. The predicted molar refractivity (Wildman–Crippen MR) is 142 cm³/mol. The fourth-order valence-electron chi connectivity index (χ4n) is 4.58. The Kier molecular flexibility index (Phi) is 8.26. The lowest BCUT2D eigenvalue weighted by molar-refractivity contribution is -0.142. The number of carbonyl (C=O) groups excluding carboxylic acids is 2. The summed E-state index contributed by atoms with van der Waals surface area (Å²) in [6.07, 6.45) is 3.32. The maximum Gasteiger partial charge on any atom is 0.410 e. The van der Waals surface area contributed by atoms with Gasteiger partial charge in [0.1, 0.15) is 23.2 Å². The van der Waals surface area contributed by atoms with Crippen molar-refractivity contribution in [3.05, 3.63) is 65.1 Å². The Morgan fingerprint density at radius 1 is 1.13 bits per heavy atom. The zero-order valence-electron chi connectivity index (χ0n) is 22.4. The number of fused-ring (bicyclic) bond motifs is 1. The van der Waals surface area contributed by atoms with Crippen LogP contribution >= 0.6 is 0 Å². The number of likely N-dealkylation sites (tertiary alicyclic amines) is 1. The van der Waals surface area contributed by atoms with Crippen LogP contribution in [0.5, 0.6) is 5.75 Å². The molecule has 2 heterocycles. The second kappa shape index (κ2) is 11.6. The minimum atomic E-state index is -0.546. The number of ether oxygens (including phenoxy) is 3. The molecule has 38 heavy (non-hydrogen) atoms. The molecule has 0 N–H and O–H groups in total. The number of hydrogen-bond donors (Lipinski definition) is 0. The summed E-state index contributed by atoms with van der Waals surface area (Å²) in [6.45, 7) is 8.66. The summed E-state index contributed by atoms with van der Waals surface area (Å²) in [5.41, 5.74) is 1.89. The number of furan rings is 1. The minimum Gasteiger partial charge on any atom is -0.489 e. The van der Waals surface area contributed by atoms with Gasteiger partial charge in [0.15, 0.2) is 0 Å². The first-order chi connectivity index (χ1) is 18.1. The molecule has 0 bridgehead atoms. The number of rotatable bonds is 8. The standard InChI is InChI=1S/C30H34N2O6/c1-5-35-28(33)16-22-15-24(37-25-12-13-32(18-25)29(34)38-30(2,3)4)9-7-21(22)8-11-27-26-10-6-20(17-31)14-23(26)19-36-27/h6-7,9-10,14-15,19,25H,5,8,11-13,16,18H2,1-4H3/t25-/m0/s1. The van der Waals surface area contributed by atoms with Gasteiger partial charge in [-0.15, -0.1) is 0 Å². The van der Waals surface area contributed by atoms with Crippen LogP contribution in [0.2, 0.25) is 0 Å². The summed E-state index contributed by atoms with van der Waals surface area (Å²) in [6, 6.07) is 13.4.